The van der Waals surface area contributed by atoms with Crippen molar-refractivity contribution in [3.05, 3.63) is 24.4 Å². The fraction of sp³-hybridized carbons (Fsp3) is 0.714. The second kappa shape index (κ2) is 6.13. The molecule has 0 aromatic carbocycles. The second-order valence-electron chi connectivity index (χ2n) is 6.60. The molecule has 3 rings (SSSR count). The molecule has 2 aromatic heterocycles. The van der Waals surface area contributed by atoms with E-state index in [4.69, 9.17) is 9.15 Å². The van der Waals surface area contributed by atoms with E-state index in [2.05, 4.69) is 46.0 Å². The van der Waals surface area contributed by atoms with Crippen molar-refractivity contribution in [2.24, 2.45) is 0 Å². The van der Waals surface area contributed by atoms with Crippen LogP contribution in [0.15, 0.2) is 17.1 Å². The maximum absolute atomic E-state index is 5.78. The normalized spacial score (nSPS) is 20.4. The van der Waals surface area contributed by atoms with Crippen molar-refractivity contribution < 1.29 is 9.15 Å². The zero-order chi connectivity index (χ0) is 15.6. The van der Waals surface area contributed by atoms with Gasteiger partial charge in [0.1, 0.15) is 12.7 Å². The molecule has 120 valence electrons. The largest absolute Gasteiger partial charge is 0.423 e. The maximum atomic E-state index is 5.78. The van der Waals surface area contributed by atoms with Crippen molar-refractivity contribution in [1.29, 1.82) is 0 Å². The van der Waals surface area contributed by atoms with Gasteiger partial charge in [0.2, 0.25) is 11.8 Å². The van der Waals surface area contributed by atoms with Crippen LogP contribution in [0.1, 0.15) is 32.6 Å². The van der Waals surface area contributed by atoms with Crippen molar-refractivity contribution in [1.82, 2.24) is 29.9 Å². The standard InChI is InChI=1S/C14H22N6O2/c1-14(2,3)13-18-17-12(22-13)8-19-4-5-21-11(6-19)7-20-10-15-9-16-20/h9-11H,4-8H2,1-3H3/t11-/m0/s1. The van der Waals surface area contributed by atoms with E-state index in [1.165, 1.54) is 6.33 Å². The molecule has 1 saturated heterocycles. The Labute approximate surface area is 129 Å². The third kappa shape index (κ3) is 3.69. The Bertz CT molecular complexity index is 589. The molecule has 0 N–H and O–H groups in total. The predicted octanol–water partition coefficient (Wildman–Crippen LogP) is 0.860. The molecule has 0 bridgehead atoms. The molecule has 0 aliphatic carbocycles. The Balaban J connectivity index is 1.57. The van der Waals surface area contributed by atoms with Crippen LogP contribution in [-0.2, 0) is 23.2 Å². The van der Waals surface area contributed by atoms with Crippen LogP contribution in [0.25, 0.3) is 0 Å². The monoisotopic (exact) mass is 306 g/mol. The van der Waals surface area contributed by atoms with Crippen LogP contribution in [-0.4, -0.2) is 55.7 Å². The van der Waals surface area contributed by atoms with E-state index >= 15 is 0 Å². The molecule has 8 heteroatoms. The van der Waals surface area contributed by atoms with Crippen LogP contribution in [0.3, 0.4) is 0 Å². The van der Waals surface area contributed by atoms with Crippen LogP contribution >= 0.6 is 0 Å². The summed E-state index contributed by atoms with van der Waals surface area (Å²) in [6.45, 7) is 9.91. The Morgan fingerprint density at radius 2 is 2.18 bits per heavy atom. The quantitative estimate of drug-likeness (QED) is 0.828. The highest BCUT2D eigenvalue weighted by Gasteiger charge is 2.25. The topological polar surface area (TPSA) is 82.1 Å². The molecule has 22 heavy (non-hydrogen) atoms. The molecule has 0 saturated carbocycles. The lowest BCUT2D eigenvalue weighted by molar-refractivity contribution is -0.0424. The summed E-state index contributed by atoms with van der Waals surface area (Å²) in [5, 5.41) is 12.4. The predicted molar refractivity (Wildman–Crippen MR) is 78.0 cm³/mol. The van der Waals surface area contributed by atoms with Crippen molar-refractivity contribution in [2.45, 2.75) is 45.4 Å². The zero-order valence-corrected chi connectivity index (χ0v) is 13.3. The van der Waals surface area contributed by atoms with Crippen molar-refractivity contribution >= 4 is 0 Å². The highest BCUT2D eigenvalue weighted by molar-refractivity contribution is 4.96. The van der Waals surface area contributed by atoms with E-state index in [1.54, 1.807) is 11.0 Å². The second-order valence-corrected chi connectivity index (χ2v) is 6.60. The van der Waals surface area contributed by atoms with Gasteiger partial charge in [0.15, 0.2) is 0 Å². The summed E-state index contributed by atoms with van der Waals surface area (Å²) >= 11 is 0. The van der Waals surface area contributed by atoms with Gasteiger partial charge >= 0.3 is 0 Å². The first-order valence-corrected chi connectivity index (χ1v) is 7.50. The van der Waals surface area contributed by atoms with Crippen LogP contribution < -0.4 is 0 Å². The van der Waals surface area contributed by atoms with Gasteiger partial charge in [0, 0.05) is 18.5 Å². The molecule has 1 fully saturated rings. The third-order valence-electron chi connectivity index (χ3n) is 3.55. The molecule has 0 spiro atoms. The number of aromatic nitrogens is 5. The van der Waals surface area contributed by atoms with Crippen molar-refractivity contribution in [2.75, 3.05) is 19.7 Å². The zero-order valence-electron chi connectivity index (χ0n) is 13.3. The number of morpholine rings is 1. The van der Waals surface area contributed by atoms with Gasteiger partial charge < -0.3 is 9.15 Å². The van der Waals surface area contributed by atoms with E-state index in [-0.39, 0.29) is 11.5 Å². The number of ether oxygens (including phenoxy) is 1. The molecular weight excluding hydrogens is 284 g/mol. The maximum Gasteiger partial charge on any atom is 0.230 e. The van der Waals surface area contributed by atoms with Gasteiger partial charge in [0.05, 0.1) is 25.8 Å². The van der Waals surface area contributed by atoms with E-state index in [0.29, 0.717) is 31.5 Å². The van der Waals surface area contributed by atoms with Gasteiger partial charge in [-0.05, 0) is 0 Å². The van der Waals surface area contributed by atoms with Crippen molar-refractivity contribution in [3.8, 4) is 0 Å². The van der Waals surface area contributed by atoms with E-state index in [9.17, 15) is 0 Å². The Hall–Kier alpha value is -1.80. The van der Waals surface area contributed by atoms with Crippen LogP contribution in [0.2, 0.25) is 0 Å². The summed E-state index contributed by atoms with van der Waals surface area (Å²) in [5.41, 5.74) is -0.119. The van der Waals surface area contributed by atoms with Crippen LogP contribution in [0, 0.1) is 0 Å². The third-order valence-corrected chi connectivity index (χ3v) is 3.55. The highest BCUT2D eigenvalue weighted by atomic mass is 16.5. The lowest BCUT2D eigenvalue weighted by Crippen LogP contribution is -2.43. The minimum absolute atomic E-state index is 0.0976. The molecule has 1 aliphatic rings. The molecule has 1 atom stereocenters. The molecule has 8 nitrogen and oxygen atoms in total. The Morgan fingerprint density at radius 3 is 2.86 bits per heavy atom. The summed E-state index contributed by atoms with van der Waals surface area (Å²) in [4.78, 5) is 6.22. The summed E-state index contributed by atoms with van der Waals surface area (Å²) < 4.78 is 13.3. The molecule has 3 heterocycles. The molecule has 0 amide bonds. The Morgan fingerprint density at radius 1 is 1.32 bits per heavy atom. The SMILES string of the molecule is CC(C)(C)c1nnc(CN2CCO[C@H](Cn3cncn3)C2)o1. The van der Waals surface area contributed by atoms with Crippen LogP contribution in [0.5, 0.6) is 0 Å². The van der Waals surface area contributed by atoms with Gasteiger partial charge in [-0.2, -0.15) is 5.10 Å². The Kier molecular flexibility index (Phi) is 4.21. The van der Waals surface area contributed by atoms with Gasteiger partial charge in [0.25, 0.3) is 0 Å². The molecule has 2 aromatic rings. The first kappa shape index (κ1) is 15.1. The first-order valence-electron chi connectivity index (χ1n) is 7.50. The minimum Gasteiger partial charge on any atom is -0.423 e. The average Bonchev–Trinajstić information content (AvgIpc) is 3.10. The molecular formula is C14H22N6O2. The van der Waals surface area contributed by atoms with Gasteiger partial charge in [-0.1, -0.05) is 20.8 Å². The molecule has 0 unspecified atom stereocenters. The van der Waals surface area contributed by atoms with Crippen LogP contribution in [0.4, 0.5) is 0 Å². The van der Waals surface area contributed by atoms with E-state index in [1.807, 2.05) is 0 Å². The van der Waals surface area contributed by atoms with Gasteiger partial charge in [-0.3, -0.25) is 9.58 Å². The van der Waals surface area contributed by atoms with E-state index in [0.717, 1.165) is 13.1 Å². The first-order chi connectivity index (χ1) is 10.5. The summed E-state index contributed by atoms with van der Waals surface area (Å²) in [5.74, 6) is 1.33. The fourth-order valence-electron chi connectivity index (χ4n) is 2.38. The van der Waals surface area contributed by atoms with Gasteiger partial charge in [-0.25, -0.2) is 4.98 Å². The number of nitrogens with zero attached hydrogens (tertiary/aromatic N) is 6. The molecule has 0 radical (unpaired) electrons. The number of hydrogen-bond acceptors (Lipinski definition) is 7. The number of hydrogen-bond donors (Lipinski definition) is 0. The van der Waals surface area contributed by atoms with Gasteiger partial charge in [-0.15, -0.1) is 10.2 Å². The van der Waals surface area contributed by atoms with Crippen molar-refractivity contribution in [3.63, 3.8) is 0 Å². The van der Waals surface area contributed by atoms with E-state index < -0.39 is 0 Å². The molecule has 1 aliphatic heterocycles. The minimum atomic E-state index is -0.119. The number of rotatable bonds is 4. The summed E-state index contributed by atoms with van der Waals surface area (Å²) in [6.07, 6.45) is 3.34. The summed E-state index contributed by atoms with van der Waals surface area (Å²) in [6, 6.07) is 0. The summed E-state index contributed by atoms with van der Waals surface area (Å²) in [7, 11) is 0. The average molecular weight is 306 g/mol. The lowest BCUT2D eigenvalue weighted by atomic mass is 9.97. The smallest absolute Gasteiger partial charge is 0.230 e. The lowest BCUT2D eigenvalue weighted by Gasteiger charge is -2.31. The fourth-order valence-corrected chi connectivity index (χ4v) is 2.38. The highest BCUT2D eigenvalue weighted by Crippen LogP contribution is 2.21.